The molecular formula is C23H34N4O. The molecule has 0 bridgehead atoms. The van der Waals surface area contributed by atoms with E-state index >= 15 is 0 Å². The molecule has 0 fully saturated rings. The van der Waals surface area contributed by atoms with Gasteiger partial charge in [0.1, 0.15) is 5.75 Å². The van der Waals surface area contributed by atoms with Crippen molar-refractivity contribution >= 4 is 5.96 Å². The van der Waals surface area contributed by atoms with Gasteiger partial charge in [-0.3, -0.25) is 9.89 Å². The standard InChI is InChI=1S/C23H34N4O/c1-5-27(6-2)18-21-9-7-8-20(16-21)17-26-23(24-3)25-15-14-19-10-12-22(28-4)13-11-19/h7-13,16H,5-6,14-15,17-18H2,1-4H3,(H2,24,25,26). The van der Waals surface area contributed by atoms with Crippen molar-refractivity contribution in [3.05, 3.63) is 65.2 Å². The highest BCUT2D eigenvalue weighted by molar-refractivity contribution is 5.79. The summed E-state index contributed by atoms with van der Waals surface area (Å²) in [7, 11) is 3.49. The van der Waals surface area contributed by atoms with Gasteiger partial charge in [0.15, 0.2) is 5.96 Å². The van der Waals surface area contributed by atoms with Crippen LogP contribution >= 0.6 is 0 Å². The summed E-state index contributed by atoms with van der Waals surface area (Å²) >= 11 is 0. The van der Waals surface area contributed by atoms with Gasteiger partial charge < -0.3 is 15.4 Å². The predicted octanol–water partition coefficient (Wildman–Crippen LogP) is 3.44. The molecule has 5 heteroatoms. The maximum absolute atomic E-state index is 5.20. The number of ether oxygens (including phenoxy) is 1. The van der Waals surface area contributed by atoms with Gasteiger partial charge in [-0.1, -0.05) is 50.2 Å². The zero-order valence-corrected chi connectivity index (χ0v) is 17.7. The van der Waals surface area contributed by atoms with E-state index in [0.717, 1.165) is 50.9 Å². The third-order valence-corrected chi connectivity index (χ3v) is 4.84. The summed E-state index contributed by atoms with van der Waals surface area (Å²) in [6.07, 6.45) is 0.935. The molecule has 0 radical (unpaired) electrons. The zero-order chi connectivity index (χ0) is 20.2. The van der Waals surface area contributed by atoms with Gasteiger partial charge in [-0.2, -0.15) is 0 Å². The molecule has 0 atom stereocenters. The Labute approximate surface area is 169 Å². The lowest BCUT2D eigenvalue weighted by atomic mass is 10.1. The second-order valence-corrected chi connectivity index (χ2v) is 6.73. The molecule has 2 aromatic carbocycles. The van der Waals surface area contributed by atoms with Gasteiger partial charge in [-0.25, -0.2) is 0 Å². The average Bonchev–Trinajstić information content (AvgIpc) is 2.75. The van der Waals surface area contributed by atoms with Crippen molar-refractivity contribution in [2.75, 3.05) is 33.8 Å². The molecule has 2 rings (SSSR count). The van der Waals surface area contributed by atoms with Crippen molar-refractivity contribution in [1.82, 2.24) is 15.5 Å². The van der Waals surface area contributed by atoms with Gasteiger partial charge in [0.25, 0.3) is 0 Å². The Morgan fingerprint density at radius 3 is 2.32 bits per heavy atom. The van der Waals surface area contributed by atoms with Gasteiger partial charge in [-0.15, -0.1) is 0 Å². The molecule has 0 aliphatic heterocycles. The molecule has 0 unspecified atom stereocenters. The van der Waals surface area contributed by atoms with E-state index in [0.29, 0.717) is 0 Å². The van der Waals surface area contributed by atoms with Crippen LogP contribution in [-0.2, 0) is 19.5 Å². The van der Waals surface area contributed by atoms with Crippen LogP contribution in [0.2, 0.25) is 0 Å². The highest BCUT2D eigenvalue weighted by Gasteiger charge is 2.03. The first-order valence-electron chi connectivity index (χ1n) is 10.1. The van der Waals surface area contributed by atoms with E-state index in [1.165, 1.54) is 16.7 Å². The first kappa shape index (κ1) is 21.8. The minimum Gasteiger partial charge on any atom is -0.497 e. The number of nitrogens with one attached hydrogen (secondary N) is 2. The van der Waals surface area contributed by atoms with E-state index in [1.807, 2.05) is 12.1 Å². The molecule has 0 spiro atoms. The van der Waals surface area contributed by atoms with Gasteiger partial charge in [0.05, 0.1) is 7.11 Å². The number of methoxy groups -OCH3 is 1. The summed E-state index contributed by atoms with van der Waals surface area (Å²) in [6, 6.07) is 16.9. The summed E-state index contributed by atoms with van der Waals surface area (Å²) in [5.41, 5.74) is 3.89. The molecule has 0 aliphatic carbocycles. The average molecular weight is 383 g/mol. The minimum absolute atomic E-state index is 0.758. The summed E-state index contributed by atoms with van der Waals surface area (Å²) in [5.74, 6) is 1.71. The smallest absolute Gasteiger partial charge is 0.191 e. The van der Waals surface area contributed by atoms with Crippen molar-refractivity contribution in [2.24, 2.45) is 4.99 Å². The molecule has 0 amide bonds. The van der Waals surface area contributed by atoms with E-state index in [9.17, 15) is 0 Å². The molecule has 28 heavy (non-hydrogen) atoms. The minimum atomic E-state index is 0.758. The molecule has 0 aliphatic rings. The summed E-state index contributed by atoms with van der Waals surface area (Å²) in [5, 5.41) is 6.79. The number of rotatable bonds is 10. The third-order valence-electron chi connectivity index (χ3n) is 4.84. The Bertz CT molecular complexity index is 724. The van der Waals surface area contributed by atoms with Crippen LogP contribution in [0, 0.1) is 0 Å². The maximum Gasteiger partial charge on any atom is 0.191 e. The van der Waals surface area contributed by atoms with Crippen LogP contribution in [0.4, 0.5) is 0 Å². The maximum atomic E-state index is 5.20. The van der Waals surface area contributed by atoms with Crippen LogP contribution in [0.5, 0.6) is 5.75 Å². The predicted molar refractivity (Wildman–Crippen MR) is 118 cm³/mol. The largest absolute Gasteiger partial charge is 0.497 e. The fourth-order valence-corrected chi connectivity index (χ4v) is 3.07. The van der Waals surface area contributed by atoms with Crippen molar-refractivity contribution in [2.45, 2.75) is 33.4 Å². The lowest BCUT2D eigenvalue weighted by Gasteiger charge is -2.18. The lowest BCUT2D eigenvalue weighted by molar-refractivity contribution is 0.296. The SMILES string of the molecule is CCN(CC)Cc1cccc(CNC(=NC)NCCc2ccc(OC)cc2)c1. The molecule has 0 heterocycles. The number of hydrogen-bond donors (Lipinski definition) is 2. The Morgan fingerprint density at radius 1 is 0.964 bits per heavy atom. The van der Waals surface area contributed by atoms with E-state index in [4.69, 9.17) is 4.74 Å². The van der Waals surface area contributed by atoms with E-state index < -0.39 is 0 Å². The van der Waals surface area contributed by atoms with Crippen LogP contribution in [0.1, 0.15) is 30.5 Å². The number of nitrogens with zero attached hydrogens (tertiary/aromatic N) is 2. The second-order valence-electron chi connectivity index (χ2n) is 6.73. The molecule has 5 nitrogen and oxygen atoms in total. The first-order valence-corrected chi connectivity index (χ1v) is 10.1. The Hall–Kier alpha value is -2.53. The summed E-state index contributed by atoms with van der Waals surface area (Å²) in [6.45, 7) is 9.14. The Kier molecular flexibility index (Phi) is 9.35. The second kappa shape index (κ2) is 12.0. The van der Waals surface area contributed by atoms with E-state index in [2.05, 4.69) is 70.8 Å². The fourth-order valence-electron chi connectivity index (χ4n) is 3.07. The molecule has 0 aromatic heterocycles. The lowest BCUT2D eigenvalue weighted by Crippen LogP contribution is -2.37. The van der Waals surface area contributed by atoms with Crippen LogP contribution in [0.15, 0.2) is 53.5 Å². The molecule has 0 saturated heterocycles. The monoisotopic (exact) mass is 382 g/mol. The van der Waals surface area contributed by atoms with Crippen LogP contribution < -0.4 is 15.4 Å². The molecule has 2 N–H and O–H groups in total. The Morgan fingerprint density at radius 2 is 1.68 bits per heavy atom. The first-order chi connectivity index (χ1) is 13.7. The van der Waals surface area contributed by atoms with E-state index in [-0.39, 0.29) is 0 Å². The molecular weight excluding hydrogens is 348 g/mol. The van der Waals surface area contributed by atoms with Gasteiger partial charge in [0.2, 0.25) is 0 Å². The van der Waals surface area contributed by atoms with Crippen molar-refractivity contribution < 1.29 is 4.74 Å². The normalized spacial score (nSPS) is 11.5. The number of benzene rings is 2. The number of aliphatic imine (C=N–C) groups is 1. The molecule has 152 valence electrons. The summed E-state index contributed by atoms with van der Waals surface area (Å²) < 4.78 is 5.20. The van der Waals surface area contributed by atoms with Crippen molar-refractivity contribution in [3.63, 3.8) is 0 Å². The van der Waals surface area contributed by atoms with Gasteiger partial charge >= 0.3 is 0 Å². The highest BCUT2D eigenvalue weighted by atomic mass is 16.5. The fraction of sp³-hybridized carbons (Fsp3) is 0.435. The van der Waals surface area contributed by atoms with Crippen molar-refractivity contribution in [1.29, 1.82) is 0 Å². The third kappa shape index (κ3) is 7.24. The quantitative estimate of drug-likeness (QED) is 0.488. The van der Waals surface area contributed by atoms with E-state index in [1.54, 1.807) is 14.2 Å². The highest BCUT2D eigenvalue weighted by Crippen LogP contribution is 2.11. The molecule has 0 saturated carbocycles. The Balaban J connectivity index is 1.79. The van der Waals surface area contributed by atoms with Gasteiger partial charge in [0, 0.05) is 26.7 Å². The number of hydrogen-bond acceptors (Lipinski definition) is 3. The number of guanidine groups is 1. The van der Waals surface area contributed by atoms with Crippen molar-refractivity contribution in [3.8, 4) is 5.75 Å². The summed E-state index contributed by atoms with van der Waals surface area (Å²) in [4.78, 5) is 6.75. The van der Waals surface area contributed by atoms with Crippen LogP contribution in [0.3, 0.4) is 0 Å². The molecule has 2 aromatic rings. The van der Waals surface area contributed by atoms with Gasteiger partial charge in [-0.05, 0) is 48.3 Å². The van der Waals surface area contributed by atoms with Crippen LogP contribution in [0.25, 0.3) is 0 Å². The zero-order valence-electron chi connectivity index (χ0n) is 17.7. The van der Waals surface area contributed by atoms with Crippen LogP contribution in [-0.4, -0.2) is 44.7 Å². The topological polar surface area (TPSA) is 48.9 Å².